The average Bonchev–Trinajstić information content (AvgIpc) is 2.89. The molecule has 0 radical (unpaired) electrons. The lowest BCUT2D eigenvalue weighted by Crippen LogP contribution is -2.23. The molecule has 21 heavy (non-hydrogen) atoms. The number of benzene rings is 1. The molecule has 0 unspecified atom stereocenters. The average molecular weight is 302 g/mol. The van der Waals surface area contributed by atoms with E-state index in [-0.39, 0.29) is 5.41 Å². The largest absolute Gasteiger partial charge is 0.337 e. The van der Waals surface area contributed by atoms with Crippen molar-refractivity contribution in [2.24, 2.45) is 0 Å². The number of hydrogen-bond donors (Lipinski definition) is 1. The molecule has 2 N–H and O–H groups in total. The van der Waals surface area contributed by atoms with Gasteiger partial charge in [-0.05, 0) is 24.3 Å². The highest BCUT2D eigenvalue weighted by Crippen LogP contribution is 2.33. The van der Waals surface area contributed by atoms with E-state index in [1.165, 1.54) is 4.68 Å². The topological polar surface area (TPSA) is 69.6 Å². The Morgan fingerprint density at radius 1 is 1.14 bits per heavy atom. The van der Waals surface area contributed by atoms with Crippen LogP contribution in [0.3, 0.4) is 0 Å². The third-order valence-electron chi connectivity index (χ3n) is 3.32. The highest BCUT2D eigenvalue weighted by molar-refractivity contribution is 6.30. The molecule has 0 saturated carbocycles. The Bertz CT molecular complexity index is 755. The maximum absolute atomic E-state index is 6.19. The van der Waals surface area contributed by atoms with Crippen LogP contribution in [0, 0.1) is 0 Å². The Kier molecular flexibility index (Phi) is 3.10. The SMILES string of the molecule is CC(C)(C)c1nc(-c2ccc(Cl)cc2)n(N)c2cnnc1-2. The van der Waals surface area contributed by atoms with Crippen LogP contribution in [0.5, 0.6) is 0 Å². The van der Waals surface area contributed by atoms with Gasteiger partial charge in [0.05, 0.1) is 11.9 Å². The fraction of sp³-hybridized carbons (Fsp3) is 0.267. The summed E-state index contributed by atoms with van der Waals surface area (Å²) in [6.45, 7) is 6.28. The summed E-state index contributed by atoms with van der Waals surface area (Å²) in [6.07, 6.45) is 1.66. The van der Waals surface area contributed by atoms with Gasteiger partial charge in [0.25, 0.3) is 0 Å². The van der Waals surface area contributed by atoms with Gasteiger partial charge < -0.3 is 5.84 Å². The number of hydrogen-bond acceptors (Lipinski definition) is 4. The second-order valence-electron chi connectivity index (χ2n) is 5.99. The smallest absolute Gasteiger partial charge is 0.159 e. The van der Waals surface area contributed by atoms with Gasteiger partial charge in [-0.3, -0.25) is 0 Å². The minimum absolute atomic E-state index is 0.156. The number of nitrogens with zero attached hydrogens (tertiary/aromatic N) is 4. The van der Waals surface area contributed by atoms with Crippen molar-refractivity contribution in [3.63, 3.8) is 0 Å². The molecule has 0 spiro atoms. The van der Waals surface area contributed by atoms with Gasteiger partial charge in [0.2, 0.25) is 0 Å². The molecular weight excluding hydrogens is 286 g/mol. The zero-order valence-corrected chi connectivity index (χ0v) is 12.9. The van der Waals surface area contributed by atoms with Gasteiger partial charge in [0, 0.05) is 16.0 Å². The van der Waals surface area contributed by atoms with E-state index in [1.807, 2.05) is 24.3 Å². The number of aromatic nitrogens is 4. The Morgan fingerprint density at radius 3 is 2.43 bits per heavy atom. The second-order valence-corrected chi connectivity index (χ2v) is 6.43. The van der Waals surface area contributed by atoms with Crippen molar-refractivity contribution in [1.82, 2.24) is 19.9 Å². The quantitative estimate of drug-likeness (QED) is 0.701. The first kappa shape index (κ1) is 13.8. The normalized spacial score (nSPS) is 12.0. The van der Waals surface area contributed by atoms with Gasteiger partial charge in [-0.1, -0.05) is 32.4 Å². The summed E-state index contributed by atoms with van der Waals surface area (Å²) in [5, 5.41) is 8.81. The monoisotopic (exact) mass is 301 g/mol. The highest BCUT2D eigenvalue weighted by Gasteiger charge is 2.27. The molecule has 0 atom stereocenters. The van der Waals surface area contributed by atoms with Crippen molar-refractivity contribution in [3.8, 4) is 22.8 Å². The molecule has 2 aliphatic heterocycles. The summed E-state index contributed by atoms with van der Waals surface area (Å²) < 4.78 is 1.52. The first-order valence-corrected chi connectivity index (χ1v) is 7.01. The van der Waals surface area contributed by atoms with E-state index >= 15 is 0 Å². The lowest BCUT2D eigenvalue weighted by Gasteiger charge is -2.23. The molecule has 0 amide bonds. The first-order chi connectivity index (χ1) is 9.88. The van der Waals surface area contributed by atoms with Gasteiger partial charge >= 0.3 is 0 Å². The molecule has 5 nitrogen and oxygen atoms in total. The number of nitrogens with two attached hydrogens (primary N) is 1. The van der Waals surface area contributed by atoms with E-state index in [0.717, 1.165) is 22.6 Å². The maximum atomic E-state index is 6.19. The predicted molar refractivity (Wildman–Crippen MR) is 83.7 cm³/mol. The second kappa shape index (κ2) is 4.70. The molecule has 0 aromatic heterocycles. The fourth-order valence-electron chi connectivity index (χ4n) is 2.25. The molecule has 3 rings (SSSR count). The third-order valence-corrected chi connectivity index (χ3v) is 3.57. The van der Waals surface area contributed by atoms with Crippen molar-refractivity contribution in [1.29, 1.82) is 0 Å². The standard InChI is InChI=1S/C15H16ClN5/c1-15(2,3)13-12-11(8-18-20-12)21(17)14(19-13)9-4-6-10(16)7-5-9/h4-8H,17H2,1-3H3. The molecule has 0 fully saturated rings. The molecule has 0 bridgehead atoms. The molecule has 1 aromatic carbocycles. The van der Waals surface area contributed by atoms with Crippen molar-refractivity contribution < 1.29 is 0 Å². The number of halogens is 1. The summed E-state index contributed by atoms with van der Waals surface area (Å²) in [4.78, 5) is 4.74. The molecule has 2 heterocycles. The summed E-state index contributed by atoms with van der Waals surface area (Å²) in [6, 6.07) is 7.44. The molecule has 2 aliphatic rings. The number of fused-ring (bicyclic) bond motifs is 1. The van der Waals surface area contributed by atoms with E-state index in [2.05, 4.69) is 31.0 Å². The minimum atomic E-state index is -0.156. The Labute approximate surface area is 128 Å². The molecule has 0 aliphatic carbocycles. The zero-order valence-electron chi connectivity index (χ0n) is 12.1. The van der Waals surface area contributed by atoms with Crippen LogP contribution in [0.15, 0.2) is 30.5 Å². The minimum Gasteiger partial charge on any atom is -0.337 e. The summed E-state index contributed by atoms with van der Waals surface area (Å²) in [7, 11) is 0. The highest BCUT2D eigenvalue weighted by atomic mass is 35.5. The van der Waals surface area contributed by atoms with Crippen LogP contribution >= 0.6 is 11.6 Å². The van der Waals surface area contributed by atoms with E-state index in [4.69, 9.17) is 22.4 Å². The third kappa shape index (κ3) is 2.34. The van der Waals surface area contributed by atoms with Crippen LogP contribution in [-0.2, 0) is 5.41 Å². The van der Waals surface area contributed by atoms with Crippen molar-refractivity contribution in [3.05, 3.63) is 41.2 Å². The van der Waals surface area contributed by atoms with E-state index in [0.29, 0.717) is 10.8 Å². The van der Waals surface area contributed by atoms with Gasteiger partial charge in [-0.25, -0.2) is 9.66 Å². The number of nitrogen functional groups attached to an aromatic ring is 1. The van der Waals surface area contributed by atoms with Crippen molar-refractivity contribution in [2.45, 2.75) is 26.2 Å². The summed E-state index contributed by atoms with van der Waals surface area (Å²) >= 11 is 5.94. The van der Waals surface area contributed by atoms with Crippen molar-refractivity contribution >= 4 is 11.6 Å². The van der Waals surface area contributed by atoms with E-state index in [9.17, 15) is 0 Å². The first-order valence-electron chi connectivity index (χ1n) is 6.63. The zero-order chi connectivity index (χ0) is 15.2. The van der Waals surface area contributed by atoms with Gasteiger partial charge in [0.15, 0.2) is 5.82 Å². The molecular formula is C15H16ClN5. The maximum Gasteiger partial charge on any atom is 0.159 e. The van der Waals surface area contributed by atoms with Crippen LogP contribution in [0.2, 0.25) is 5.02 Å². The Balaban J connectivity index is 2.30. The van der Waals surface area contributed by atoms with E-state index < -0.39 is 0 Å². The van der Waals surface area contributed by atoms with Crippen LogP contribution < -0.4 is 5.84 Å². The van der Waals surface area contributed by atoms with Gasteiger partial charge in [-0.15, -0.1) is 5.10 Å². The molecule has 108 valence electrons. The Morgan fingerprint density at radius 2 is 1.81 bits per heavy atom. The van der Waals surface area contributed by atoms with Crippen LogP contribution in [-0.4, -0.2) is 19.9 Å². The number of rotatable bonds is 1. The van der Waals surface area contributed by atoms with E-state index in [1.54, 1.807) is 6.20 Å². The lowest BCUT2D eigenvalue weighted by atomic mass is 9.89. The van der Waals surface area contributed by atoms with Gasteiger partial charge in [-0.2, -0.15) is 5.10 Å². The molecule has 6 heteroatoms. The molecule has 0 saturated heterocycles. The van der Waals surface area contributed by atoms with Crippen LogP contribution in [0.25, 0.3) is 22.8 Å². The summed E-state index contributed by atoms with van der Waals surface area (Å²) in [5.41, 5.74) is 3.12. The van der Waals surface area contributed by atoms with Crippen LogP contribution in [0.1, 0.15) is 26.5 Å². The van der Waals surface area contributed by atoms with Gasteiger partial charge in [0.1, 0.15) is 11.4 Å². The molecule has 1 aromatic rings. The predicted octanol–water partition coefficient (Wildman–Crippen LogP) is 3.11. The van der Waals surface area contributed by atoms with Crippen LogP contribution in [0.4, 0.5) is 0 Å². The fourth-order valence-corrected chi connectivity index (χ4v) is 2.38. The van der Waals surface area contributed by atoms with Crippen molar-refractivity contribution in [2.75, 3.05) is 5.84 Å². The Hall–Kier alpha value is -2.14. The summed E-state index contributed by atoms with van der Waals surface area (Å²) in [5.74, 6) is 6.85. The lowest BCUT2D eigenvalue weighted by molar-refractivity contribution is 0.565.